The number of anilines is 2. The van der Waals surface area contributed by atoms with Crippen LogP contribution in [-0.4, -0.2) is 92.7 Å². The van der Waals surface area contributed by atoms with Crippen molar-refractivity contribution in [3.8, 4) is 11.6 Å². The van der Waals surface area contributed by atoms with Crippen LogP contribution < -0.4 is 24.4 Å². The Bertz CT molecular complexity index is 1440. The molecule has 0 bridgehead atoms. The Labute approximate surface area is 245 Å². The molecule has 1 unspecified atom stereocenters. The summed E-state index contributed by atoms with van der Waals surface area (Å²) in [5.41, 5.74) is -2.93. The monoisotopic (exact) mass is 635 g/mol. The van der Waals surface area contributed by atoms with E-state index in [9.17, 15) is 36.3 Å². The number of aromatic nitrogens is 2. The van der Waals surface area contributed by atoms with Crippen LogP contribution in [0, 0.1) is 5.92 Å². The van der Waals surface area contributed by atoms with Gasteiger partial charge >= 0.3 is 12.3 Å². The van der Waals surface area contributed by atoms with Crippen molar-refractivity contribution in [3.63, 3.8) is 0 Å². The number of nitrogens with one attached hydrogen (secondary N) is 2. The molecule has 1 saturated heterocycles. The number of rotatable bonds is 11. The van der Waals surface area contributed by atoms with Crippen LogP contribution in [0.5, 0.6) is 11.6 Å². The normalized spacial score (nSPS) is 17.4. The van der Waals surface area contributed by atoms with Gasteiger partial charge < -0.3 is 29.4 Å². The summed E-state index contributed by atoms with van der Waals surface area (Å²) in [6.07, 6.45) is -5.86. The van der Waals surface area contributed by atoms with Gasteiger partial charge in [0.1, 0.15) is 18.5 Å². The van der Waals surface area contributed by atoms with Gasteiger partial charge in [0.15, 0.2) is 4.90 Å². The van der Waals surface area contributed by atoms with Gasteiger partial charge in [0.25, 0.3) is 15.9 Å². The number of carbonyl (C=O) groups is 2. The van der Waals surface area contributed by atoms with Gasteiger partial charge in [-0.05, 0) is 39.0 Å². The Kier molecular flexibility index (Phi) is 9.31. The average Bonchev–Trinajstić information content (AvgIpc) is 3.32. The number of carbonyl (C=O) groups excluding carboxylic acids is 2. The molecule has 2 aromatic rings. The van der Waals surface area contributed by atoms with Gasteiger partial charge in [-0.2, -0.15) is 13.2 Å². The number of amides is 2. The number of fused-ring (bicyclic) bond motifs is 1. The molecule has 0 spiro atoms. The molecule has 2 amide bonds. The Balaban J connectivity index is 1.66. The van der Waals surface area contributed by atoms with Crippen molar-refractivity contribution in [1.82, 2.24) is 15.1 Å². The fraction of sp³-hybridized carbons (Fsp3) is 0.560. The number of aryl methyl sites for hydroxylation is 1. The van der Waals surface area contributed by atoms with Crippen LogP contribution in [0.1, 0.15) is 20.8 Å². The smallest absolute Gasteiger partial charge is 0.427 e. The molecule has 3 heterocycles. The molecule has 0 aliphatic carbocycles. The lowest BCUT2D eigenvalue weighted by molar-refractivity contribution is -0.242. The third-order valence-electron chi connectivity index (χ3n) is 6.60. The lowest BCUT2D eigenvalue weighted by Gasteiger charge is -2.36. The summed E-state index contributed by atoms with van der Waals surface area (Å²) in [6.45, 7) is 2.96. The van der Waals surface area contributed by atoms with E-state index in [1.165, 1.54) is 29.1 Å². The molecule has 1 aromatic heterocycles. The van der Waals surface area contributed by atoms with E-state index in [4.69, 9.17) is 14.2 Å². The van der Waals surface area contributed by atoms with Gasteiger partial charge in [-0.25, -0.2) is 13.2 Å². The zero-order chi connectivity index (χ0) is 31.6. The minimum Gasteiger partial charge on any atom is -0.484 e. The summed E-state index contributed by atoms with van der Waals surface area (Å²) < 4.78 is 91.0. The molecule has 43 heavy (non-hydrogen) atoms. The number of alkyl halides is 3. The first-order chi connectivity index (χ1) is 20.2. The highest BCUT2D eigenvalue weighted by atomic mass is 32.2. The van der Waals surface area contributed by atoms with E-state index in [-0.39, 0.29) is 72.6 Å². The predicted octanol–water partition coefficient (Wildman–Crippen LogP) is 1.88. The van der Waals surface area contributed by atoms with Gasteiger partial charge in [0.2, 0.25) is 11.5 Å². The Morgan fingerprint density at radius 1 is 1.23 bits per heavy atom. The fourth-order valence-corrected chi connectivity index (χ4v) is 5.56. The number of aliphatic hydroxyl groups is 1. The second-order valence-corrected chi connectivity index (χ2v) is 12.0. The highest BCUT2D eigenvalue weighted by molar-refractivity contribution is 7.93. The molecule has 4 rings (SSSR count). The zero-order valence-corrected chi connectivity index (χ0v) is 24.3. The lowest BCUT2D eigenvalue weighted by atomic mass is 10.1. The van der Waals surface area contributed by atoms with E-state index in [0.717, 1.165) is 4.31 Å². The van der Waals surface area contributed by atoms with Crippen LogP contribution in [0.4, 0.5) is 29.3 Å². The highest BCUT2D eigenvalue weighted by Crippen LogP contribution is 2.40. The van der Waals surface area contributed by atoms with Crippen molar-refractivity contribution in [3.05, 3.63) is 24.4 Å². The number of nitrogens with zero attached hydrogens (tertiary/aromatic N) is 3. The van der Waals surface area contributed by atoms with Crippen molar-refractivity contribution < 1.29 is 55.2 Å². The first-order valence-electron chi connectivity index (χ1n) is 13.2. The maximum Gasteiger partial charge on any atom is 0.427 e. The SMILES string of the molecule is CCn1cc(S(=O)(=O)N2CC(CNC(=O)C3COC3)Oc3ccc(NC(=O)OC(C)(C)C(F)(F)F)cc32)c(OCCO)n1. The second-order valence-electron chi connectivity index (χ2n) is 10.2. The molecule has 0 radical (unpaired) electrons. The largest absolute Gasteiger partial charge is 0.484 e. The van der Waals surface area contributed by atoms with Gasteiger partial charge in [0.05, 0.1) is 44.5 Å². The van der Waals surface area contributed by atoms with Crippen LogP contribution in [0.15, 0.2) is 29.3 Å². The molecule has 0 saturated carbocycles. The molecule has 14 nitrogen and oxygen atoms in total. The number of halogens is 3. The number of hydrogen-bond donors (Lipinski definition) is 3. The van der Waals surface area contributed by atoms with Gasteiger partial charge in [-0.1, -0.05) is 0 Å². The zero-order valence-electron chi connectivity index (χ0n) is 23.5. The summed E-state index contributed by atoms with van der Waals surface area (Å²) in [4.78, 5) is 24.3. The Morgan fingerprint density at radius 3 is 2.56 bits per heavy atom. The molecule has 1 atom stereocenters. The van der Waals surface area contributed by atoms with Crippen molar-refractivity contribution in [2.45, 2.75) is 50.1 Å². The summed E-state index contributed by atoms with van der Waals surface area (Å²) in [7, 11) is -4.46. The van der Waals surface area contributed by atoms with Crippen LogP contribution >= 0.6 is 0 Å². The van der Waals surface area contributed by atoms with Crippen LogP contribution in [-0.2, 0) is 30.8 Å². The summed E-state index contributed by atoms with van der Waals surface area (Å²) in [6, 6.07) is 3.82. The third-order valence-corrected chi connectivity index (χ3v) is 8.36. The molecular weight excluding hydrogens is 603 g/mol. The van der Waals surface area contributed by atoms with Gasteiger partial charge in [-0.3, -0.25) is 19.1 Å². The topological polar surface area (TPSA) is 171 Å². The predicted molar refractivity (Wildman–Crippen MR) is 143 cm³/mol. The summed E-state index contributed by atoms with van der Waals surface area (Å²) in [5.74, 6) is -0.807. The van der Waals surface area contributed by atoms with E-state index in [1.807, 2.05) is 0 Å². The summed E-state index contributed by atoms with van der Waals surface area (Å²) >= 11 is 0. The van der Waals surface area contributed by atoms with E-state index in [1.54, 1.807) is 6.92 Å². The van der Waals surface area contributed by atoms with Crippen LogP contribution in [0.25, 0.3) is 0 Å². The summed E-state index contributed by atoms with van der Waals surface area (Å²) in [5, 5.41) is 18.2. The van der Waals surface area contributed by atoms with Crippen molar-refractivity contribution >= 4 is 33.4 Å². The molecule has 2 aliphatic rings. The molecule has 238 valence electrons. The number of hydrogen-bond acceptors (Lipinski definition) is 10. The molecule has 18 heteroatoms. The maximum atomic E-state index is 14.1. The maximum absolute atomic E-state index is 14.1. The minimum atomic E-state index is -4.84. The van der Waals surface area contributed by atoms with E-state index >= 15 is 0 Å². The van der Waals surface area contributed by atoms with Crippen molar-refractivity contribution in [2.75, 3.05) is 49.1 Å². The first kappa shape index (κ1) is 32.2. The van der Waals surface area contributed by atoms with Crippen LogP contribution in [0.3, 0.4) is 0 Å². The highest BCUT2D eigenvalue weighted by Gasteiger charge is 2.51. The van der Waals surface area contributed by atoms with Gasteiger partial charge in [-0.15, -0.1) is 5.10 Å². The second kappa shape index (κ2) is 12.5. The standard InChI is InChI=1S/C25H32F3N5O9S/c1-4-32-12-20(22(31-32)40-8-7-34)43(37,38)33-11-17(10-29-21(35)15-13-39-14-15)41-19-6-5-16(9-18(19)33)30-23(36)42-24(2,3)25(26,27)28/h5-6,9,12,15,17,34H,4,7-8,10-11,13-14H2,1-3H3,(H,29,35)(H,30,36). The number of ether oxygens (including phenoxy) is 4. The molecular formula is C25H32F3N5O9S. The third kappa shape index (κ3) is 7.07. The minimum absolute atomic E-state index is 0.0521. The Hall–Kier alpha value is -3.77. The lowest BCUT2D eigenvalue weighted by Crippen LogP contribution is -2.50. The van der Waals surface area contributed by atoms with Crippen LogP contribution in [0.2, 0.25) is 0 Å². The van der Waals surface area contributed by atoms with E-state index in [0.29, 0.717) is 20.4 Å². The van der Waals surface area contributed by atoms with Gasteiger partial charge in [0, 0.05) is 18.4 Å². The fourth-order valence-electron chi connectivity index (χ4n) is 3.99. The number of sulfonamides is 1. The Morgan fingerprint density at radius 2 is 1.95 bits per heavy atom. The average molecular weight is 636 g/mol. The molecule has 1 aromatic carbocycles. The quantitative estimate of drug-likeness (QED) is 0.331. The van der Waals surface area contributed by atoms with Crippen molar-refractivity contribution in [1.29, 1.82) is 0 Å². The van der Waals surface area contributed by atoms with E-state index in [2.05, 4.69) is 20.5 Å². The number of benzene rings is 1. The number of aliphatic hydroxyl groups excluding tert-OH is 1. The van der Waals surface area contributed by atoms with Crippen molar-refractivity contribution in [2.24, 2.45) is 5.92 Å². The first-order valence-corrected chi connectivity index (χ1v) is 14.7. The molecule has 2 aliphatic heterocycles. The molecule has 1 fully saturated rings. The molecule has 3 N–H and O–H groups in total. The van der Waals surface area contributed by atoms with E-state index < -0.39 is 40.6 Å².